The van der Waals surface area contributed by atoms with E-state index in [4.69, 9.17) is 22.9 Å². The van der Waals surface area contributed by atoms with Crippen LogP contribution in [0.25, 0.3) is 0 Å². The van der Waals surface area contributed by atoms with E-state index >= 15 is 0 Å². The van der Waals surface area contributed by atoms with E-state index in [1.54, 1.807) is 0 Å². The summed E-state index contributed by atoms with van der Waals surface area (Å²) in [5.41, 5.74) is 26.0. The molecule has 2 fully saturated rings. The normalized spacial score (nSPS) is 36.1. The van der Waals surface area contributed by atoms with Gasteiger partial charge in [0, 0.05) is 22.7 Å². The van der Waals surface area contributed by atoms with Gasteiger partial charge < -0.3 is 22.9 Å². The molecule has 0 amide bonds. The molecule has 1 aliphatic carbocycles. The van der Waals surface area contributed by atoms with Gasteiger partial charge in [-0.15, -0.1) is 0 Å². The van der Waals surface area contributed by atoms with E-state index in [0.29, 0.717) is 18.0 Å². The maximum Gasteiger partial charge on any atom is 0.0362 e. The summed E-state index contributed by atoms with van der Waals surface area (Å²) in [6.45, 7) is 14.6. The average Bonchev–Trinajstić information content (AvgIpc) is 2.91. The minimum absolute atomic E-state index is 0.0348. The molecular weight excluding hydrogens is 358 g/mol. The summed E-state index contributed by atoms with van der Waals surface area (Å²) in [5.74, 6) is 0.393. The number of rotatable bonds is 10. The Morgan fingerprint density at radius 3 is 2.38 bits per heavy atom. The number of nitrogens with two attached hydrogens (primary N) is 4. The fraction of sp³-hybridized carbons (Fsp3) is 1.00. The van der Waals surface area contributed by atoms with E-state index in [0.717, 1.165) is 32.1 Å². The SMILES string of the molecule is C[C@H](N)[C@@]1(N)CCC(C(C)(N)CCCCN2CCCCC2(C)C)[C@]1(C)CCCN. The van der Waals surface area contributed by atoms with Crippen molar-refractivity contribution in [1.82, 2.24) is 4.90 Å². The smallest absolute Gasteiger partial charge is 0.0362 e. The fourth-order valence-corrected chi connectivity index (χ4v) is 6.71. The van der Waals surface area contributed by atoms with Crippen LogP contribution in [0.2, 0.25) is 0 Å². The lowest BCUT2D eigenvalue weighted by molar-refractivity contribution is 0.0467. The fourth-order valence-electron chi connectivity index (χ4n) is 6.71. The maximum atomic E-state index is 7.02. The van der Waals surface area contributed by atoms with Crippen LogP contribution in [0.1, 0.15) is 98.8 Å². The van der Waals surface area contributed by atoms with Crippen LogP contribution < -0.4 is 22.9 Å². The summed E-state index contributed by atoms with van der Waals surface area (Å²) in [7, 11) is 0. The molecule has 0 aromatic heterocycles. The highest BCUT2D eigenvalue weighted by Gasteiger charge is 2.59. The molecule has 2 aliphatic rings. The predicted octanol–water partition coefficient (Wildman–Crippen LogP) is 3.34. The molecule has 8 N–H and O–H groups in total. The lowest BCUT2D eigenvalue weighted by Crippen LogP contribution is -2.65. The Kier molecular flexibility index (Phi) is 8.23. The zero-order valence-corrected chi connectivity index (χ0v) is 20.1. The van der Waals surface area contributed by atoms with Gasteiger partial charge in [-0.3, -0.25) is 4.90 Å². The van der Waals surface area contributed by atoms with Crippen molar-refractivity contribution < 1.29 is 0 Å². The van der Waals surface area contributed by atoms with Crippen molar-refractivity contribution in [3.63, 3.8) is 0 Å². The molecular formula is C24H51N5. The number of likely N-dealkylation sites (tertiary alicyclic amines) is 1. The van der Waals surface area contributed by atoms with E-state index in [9.17, 15) is 0 Å². The largest absolute Gasteiger partial charge is 0.330 e. The number of hydrogen-bond acceptors (Lipinski definition) is 5. The second-order valence-corrected chi connectivity index (χ2v) is 11.4. The molecule has 1 saturated heterocycles. The van der Waals surface area contributed by atoms with Crippen molar-refractivity contribution in [2.75, 3.05) is 19.6 Å². The number of nitrogens with zero attached hydrogens (tertiary/aromatic N) is 1. The summed E-state index contributed by atoms with van der Waals surface area (Å²) in [6, 6.07) is -0.0348. The molecule has 1 aliphatic heterocycles. The van der Waals surface area contributed by atoms with Gasteiger partial charge in [0.2, 0.25) is 0 Å². The van der Waals surface area contributed by atoms with E-state index in [-0.39, 0.29) is 22.5 Å². The van der Waals surface area contributed by atoms with Gasteiger partial charge in [-0.2, -0.15) is 0 Å². The van der Waals surface area contributed by atoms with Crippen LogP contribution in [0.3, 0.4) is 0 Å². The van der Waals surface area contributed by atoms with Gasteiger partial charge in [-0.25, -0.2) is 0 Å². The molecule has 0 bridgehead atoms. The molecule has 172 valence electrons. The predicted molar refractivity (Wildman–Crippen MR) is 126 cm³/mol. The zero-order valence-electron chi connectivity index (χ0n) is 20.1. The minimum Gasteiger partial charge on any atom is -0.330 e. The van der Waals surface area contributed by atoms with Gasteiger partial charge in [0.05, 0.1) is 0 Å². The number of unbranched alkanes of at least 4 members (excludes halogenated alkanes) is 1. The molecule has 2 rings (SSSR count). The Bertz CT molecular complexity index is 517. The lowest BCUT2D eigenvalue weighted by Gasteiger charge is -2.51. The van der Waals surface area contributed by atoms with Crippen molar-refractivity contribution in [3.8, 4) is 0 Å². The molecule has 0 aromatic rings. The second-order valence-electron chi connectivity index (χ2n) is 11.4. The van der Waals surface area contributed by atoms with Crippen LogP contribution >= 0.6 is 0 Å². The zero-order chi connectivity index (χ0) is 21.9. The minimum atomic E-state index is -0.356. The van der Waals surface area contributed by atoms with E-state index in [1.165, 1.54) is 45.2 Å². The standard InChI is InChI=1S/C24H51N5/c1-19(26)24(28)15-11-20(22(24,4)13-10-16-25)23(5,27)14-7-9-18-29-17-8-6-12-21(29,2)3/h19-20H,6-18,25-28H2,1-5H3/t19-,20?,22-,23?,24-/m0/s1. The Hall–Kier alpha value is -0.200. The summed E-state index contributed by atoms with van der Waals surface area (Å²) in [4.78, 5) is 2.69. The van der Waals surface area contributed by atoms with Crippen LogP contribution in [-0.4, -0.2) is 47.2 Å². The van der Waals surface area contributed by atoms with E-state index in [1.807, 2.05) is 0 Å². The van der Waals surface area contributed by atoms with E-state index < -0.39 is 0 Å². The molecule has 0 spiro atoms. The van der Waals surface area contributed by atoms with Crippen molar-refractivity contribution in [3.05, 3.63) is 0 Å². The van der Waals surface area contributed by atoms with Crippen molar-refractivity contribution >= 4 is 0 Å². The lowest BCUT2D eigenvalue weighted by atomic mass is 9.59. The summed E-state index contributed by atoms with van der Waals surface area (Å²) in [6.07, 6.45) is 11.5. The molecule has 2 unspecified atom stereocenters. The van der Waals surface area contributed by atoms with E-state index in [2.05, 4.69) is 39.5 Å². The third-order valence-corrected chi connectivity index (χ3v) is 8.90. The third kappa shape index (κ3) is 5.17. The quantitative estimate of drug-likeness (QED) is 0.414. The van der Waals surface area contributed by atoms with Crippen LogP contribution in [0, 0.1) is 11.3 Å². The Morgan fingerprint density at radius 2 is 1.79 bits per heavy atom. The van der Waals surface area contributed by atoms with Gasteiger partial charge in [-0.05, 0) is 110 Å². The average molecular weight is 410 g/mol. The van der Waals surface area contributed by atoms with Crippen LogP contribution in [0.4, 0.5) is 0 Å². The van der Waals surface area contributed by atoms with Crippen molar-refractivity contribution in [2.24, 2.45) is 34.3 Å². The maximum absolute atomic E-state index is 7.02. The van der Waals surface area contributed by atoms with Crippen LogP contribution in [0.15, 0.2) is 0 Å². The van der Waals surface area contributed by atoms with Gasteiger partial charge in [0.1, 0.15) is 0 Å². The number of piperidine rings is 1. The molecule has 5 atom stereocenters. The molecule has 29 heavy (non-hydrogen) atoms. The highest BCUT2D eigenvalue weighted by atomic mass is 15.2. The Balaban J connectivity index is 1.99. The van der Waals surface area contributed by atoms with Crippen molar-refractivity contribution in [2.45, 2.75) is 121 Å². The second kappa shape index (κ2) is 9.52. The first-order chi connectivity index (χ1) is 13.4. The summed E-state index contributed by atoms with van der Waals surface area (Å²) < 4.78 is 0. The first-order valence-electron chi connectivity index (χ1n) is 12.2. The van der Waals surface area contributed by atoms with Crippen molar-refractivity contribution in [1.29, 1.82) is 0 Å². The first kappa shape index (κ1) is 25.1. The van der Waals surface area contributed by atoms with Gasteiger partial charge in [-0.1, -0.05) is 19.8 Å². The molecule has 1 saturated carbocycles. The molecule has 0 aromatic carbocycles. The topological polar surface area (TPSA) is 107 Å². The highest BCUT2D eigenvalue weighted by molar-refractivity contribution is 5.16. The molecule has 1 heterocycles. The highest BCUT2D eigenvalue weighted by Crippen LogP contribution is 2.56. The van der Waals surface area contributed by atoms with Crippen LogP contribution in [-0.2, 0) is 0 Å². The summed E-state index contributed by atoms with van der Waals surface area (Å²) in [5, 5.41) is 0. The van der Waals surface area contributed by atoms with Gasteiger partial charge >= 0.3 is 0 Å². The number of hydrogen-bond donors (Lipinski definition) is 4. The Morgan fingerprint density at radius 1 is 1.10 bits per heavy atom. The monoisotopic (exact) mass is 409 g/mol. The molecule has 5 heteroatoms. The third-order valence-electron chi connectivity index (χ3n) is 8.90. The first-order valence-corrected chi connectivity index (χ1v) is 12.2. The molecule has 5 nitrogen and oxygen atoms in total. The molecule has 0 radical (unpaired) electrons. The van der Waals surface area contributed by atoms with Gasteiger partial charge in [0.15, 0.2) is 0 Å². The Labute approximate surface area is 180 Å². The van der Waals surface area contributed by atoms with Crippen LogP contribution in [0.5, 0.6) is 0 Å². The van der Waals surface area contributed by atoms with Gasteiger partial charge in [0.25, 0.3) is 0 Å². The summed E-state index contributed by atoms with van der Waals surface area (Å²) >= 11 is 0.